The van der Waals surface area contributed by atoms with Crippen molar-refractivity contribution in [2.45, 2.75) is 70.1 Å². The van der Waals surface area contributed by atoms with Gasteiger partial charge in [-0.3, -0.25) is 4.79 Å². The molecule has 0 spiro atoms. The Kier molecular flexibility index (Phi) is 6.33. The third-order valence-electron chi connectivity index (χ3n) is 5.10. The highest BCUT2D eigenvalue weighted by Crippen LogP contribution is 2.36. The Hall–Kier alpha value is -0.790. The number of ketones is 1. The highest BCUT2D eigenvalue weighted by atomic mass is 16.5. The number of hydrogen-bond acceptors (Lipinski definition) is 6. The first-order valence-corrected chi connectivity index (χ1v) is 8.49. The fraction of sp³-hybridized carbons (Fsp3) is 0.824. The number of aliphatic hydroxyl groups is 4. The molecule has 1 aliphatic heterocycles. The summed E-state index contributed by atoms with van der Waals surface area (Å²) in [5, 5.41) is 39.3. The molecule has 7 atom stereocenters. The lowest BCUT2D eigenvalue weighted by Crippen LogP contribution is -2.59. The highest BCUT2D eigenvalue weighted by Gasteiger charge is 2.47. The van der Waals surface area contributed by atoms with Gasteiger partial charge >= 0.3 is 0 Å². The van der Waals surface area contributed by atoms with E-state index in [1.54, 1.807) is 0 Å². The van der Waals surface area contributed by atoms with Gasteiger partial charge in [0.15, 0.2) is 5.78 Å². The van der Waals surface area contributed by atoms with Crippen molar-refractivity contribution in [1.82, 2.24) is 0 Å². The van der Waals surface area contributed by atoms with E-state index in [9.17, 15) is 25.2 Å². The summed E-state index contributed by atoms with van der Waals surface area (Å²) < 4.78 is 5.53. The van der Waals surface area contributed by atoms with Gasteiger partial charge < -0.3 is 25.2 Å². The maximum absolute atomic E-state index is 12.5. The number of Topliss-reactive ketones (excluding diaryl/α,β-unsaturated/α-hetero) is 1. The van der Waals surface area contributed by atoms with Crippen molar-refractivity contribution in [3.05, 3.63) is 11.6 Å². The first kappa shape index (κ1) is 18.5. The molecule has 2 aliphatic rings. The summed E-state index contributed by atoms with van der Waals surface area (Å²) in [6.45, 7) is 3.66. The van der Waals surface area contributed by atoms with Gasteiger partial charge in [0.05, 0.1) is 6.61 Å². The second-order valence-electron chi connectivity index (χ2n) is 6.62. The molecular formula is C17H28O6. The van der Waals surface area contributed by atoms with Gasteiger partial charge in [-0.15, -0.1) is 0 Å². The van der Waals surface area contributed by atoms with Crippen molar-refractivity contribution in [3.8, 4) is 0 Å². The van der Waals surface area contributed by atoms with Crippen LogP contribution in [0.4, 0.5) is 0 Å². The van der Waals surface area contributed by atoms with E-state index >= 15 is 0 Å². The molecule has 0 bridgehead atoms. The Morgan fingerprint density at radius 1 is 1.17 bits per heavy atom. The minimum Gasteiger partial charge on any atom is -0.394 e. The first-order chi connectivity index (χ1) is 10.9. The van der Waals surface area contributed by atoms with Gasteiger partial charge in [0, 0.05) is 12.0 Å². The van der Waals surface area contributed by atoms with Crippen LogP contribution in [0.2, 0.25) is 0 Å². The third-order valence-corrected chi connectivity index (χ3v) is 5.10. The van der Waals surface area contributed by atoms with Crippen LogP contribution in [-0.2, 0) is 9.53 Å². The van der Waals surface area contributed by atoms with E-state index in [4.69, 9.17) is 4.74 Å². The van der Waals surface area contributed by atoms with E-state index < -0.39 is 37.1 Å². The molecule has 1 fully saturated rings. The minimum absolute atomic E-state index is 0.0857. The first-order valence-electron chi connectivity index (χ1n) is 8.49. The van der Waals surface area contributed by atoms with Crippen LogP contribution in [0.15, 0.2) is 11.6 Å². The topological polar surface area (TPSA) is 107 Å². The van der Waals surface area contributed by atoms with Crippen molar-refractivity contribution >= 4 is 5.78 Å². The lowest BCUT2D eigenvalue weighted by atomic mass is 9.74. The molecule has 1 heterocycles. The van der Waals surface area contributed by atoms with Gasteiger partial charge in [0.1, 0.15) is 30.5 Å². The second-order valence-corrected chi connectivity index (χ2v) is 6.62. The zero-order valence-electron chi connectivity index (χ0n) is 13.8. The van der Waals surface area contributed by atoms with E-state index in [1.165, 1.54) is 0 Å². The number of rotatable bonds is 5. The molecule has 1 aliphatic carbocycles. The Labute approximate surface area is 136 Å². The summed E-state index contributed by atoms with van der Waals surface area (Å²) in [7, 11) is 0. The largest absolute Gasteiger partial charge is 0.394 e. The summed E-state index contributed by atoms with van der Waals surface area (Å²) in [5.74, 6) is 0.443. The summed E-state index contributed by atoms with van der Waals surface area (Å²) >= 11 is 0. The van der Waals surface area contributed by atoms with E-state index in [0.717, 1.165) is 19.3 Å². The van der Waals surface area contributed by atoms with Crippen molar-refractivity contribution in [2.24, 2.45) is 11.8 Å². The number of ether oxygens (including phenoxy) is 1. The van der Waals surface area contributed by atoms with Crippen LogP contribution in [0, 0.1) is 11.8 Å². The third kappa shape index (κ3) is 3.67. The van der Waals surface area contributed by atoms with Gasteiger partial charge in [-0.25, -0.2) is 0 Å². The molecule has 132 valence electrons. The maximum atomic E-state index is 12.5. The average molecular weight is 328 g/mol. The minimum atomic E-state index is -1.45. The Morgan fingerprint density at radius 3 is 2.43 bits per heavy atom. The van der Waals surface area contributed by atoms with E-state index in [2.05, 4.69) is 13.8 Å². The van der Waals surface area contributed by atoms with Gasteiger partial charge in [0.25, 0.3) is 0 Å². The Bertz CT molecular complexity index is 446. The molecule has 1 saturated heterocycles. The lowest BCUT2D eigenvalue weighted by Gasteiger charge is -2.42. The average Bonchev–Trinajstić information content (AvgIpc) is 2.54. The molecule has 0 aromatic carbocycles. The number of hydrogen-bond donors (Lipinski definition) is 4. The van der Waals surface area contributed by atoms with Gasteiger partial charge in [-0.2, -0.15) is 0 Å². The van der Waals surface area contributed by atoms with E-state index in [0.29, 0.717) is 17.9 Å². The van der Waals surface area contributed by atoms with Crippen molar-refractivity contribution < 1.29 is 30.0 Å². The summed E-state index contributed by atoms with van der Waals surface area (Å²) in [6, 6.07) is 0. The standard InChI is InChI=1S/C17H28O6/c1-3-5-10-7-12(19)11(6-9(10)4-2)17-16(22)15(21)14(20)13(8-18)23-17/h6,9-10,13-18,20-22H,3-5,7-8H2,1-2H3/t9?,10?,13-,14?,15?,16?,17?/m1/s1. The molecule has 6 nitrogen and oxygen atoms in total. The van der Waals surface area contributed by atoms with Gasteiger partial charge in [-0.1, -0.05) is 26.3 Å². The molecule has 4 N–H and O–H groups in total. The van der Waals surface area contributed by atoms with Crippen LogP contribution in [-0.4, -0.2) is 63.3 Å². The molecule has 0 aromatic heterocycles. The summed E-state index contributed by atoms with van der Waals surface area (Å²) in [5.41, 5.74) is 0.362. The van der Waals surface area contributed by atoms with Crippen molar-refractivity contribution in [2.75, 3.05) is 6.61 Å². The van der Waals surface area contributed by atoms with Crippen LogP contribution >= 0.6 is 0 Å². The van der Waals surface area contributed by atoms with Crippen molar-refractivity contribution in [1.29, 1.82) is 0 Å². The summed E-state index contributed by atoms with van der Waals surface area (Å²) in [4.78, 5) is 12.5. The molecule has 0 saturated carbocycles. The monoisotopic (exact) mass is 328 g/mol. The van der Waals surface area contributed by atoms with Crippen molar-refractivity contribution in [3.63, 3.8) is 0 Å². The second kappa shape index (κ2) is 7.85. The normalized spacial score (nSPS) is 41.7. The van der Waals surface area contributed by atoms with Crippen LogP contribution < -0.4 is 0 Å². The fourth-order valence-corrected chi connectivity index (χ4v) is 3.72. The summed E-state index contributed by atoms with van der Waals surface area (Å²) in [6.07, 6.45) is -1.09. The molecule has 6 heteroatoms. The maximum Gasteiger partial charge on any atom is 0.161 e. The Morgan fingerprint density at radius 2 is 1.87 bits per heavy atom. The van der Waals surface area contributed by atoms with Crippen LogP contribution in [0.25, 0.3) is 0 Å². The SMILES string of the molecule is CCCC1CC(=O)C(C2O[C@H](CO)C(O)C(O)C2O)=CC1CC. The molecule has 23 heavy (non-hydrogen) atoms. The van der Waals surface area contributed by atoms with Gasteiger partial charge in [-0.05, 0) is 24.7 Å². The van der Waals surface area contributed by atoms with E-state index in [-0.39, 0.29) is 11.7 Å². The quantitative estimate of drug-likeness (QED) is 0.573. The zero-order chi connectivity index (χ0) is 17.1. The number of aliphatic hydroxyl groups excluding tert-OH is 4. The molecule has 6 unspecified atom stereocenters. The fourth-order valence-electron chi connectivity index (χ4n) is 3.72. The molecular weight excluding hydrogens is 300 g/mol. The predicted molar refractivity (Wildman–Crippen MR) is 83.7 cm³/mol. The van der Waals surface area contributed by atoms with Gasteiger partial charge in [0.2, 0.25) is 0 Å². The zero-order valence-corrected chi connectivity index (χ0v) is 13.8. The molecule has 2 rings (SSSR count). The smallest absolute Gasteiger partial charge is 0.161 e. The number of allylic oxidation sites excluding steroid dienone is 1. The molecule has 0 radical (unpaired) electrons. The Balaban J connectivity index is 2.26. The molecule has 0 amide bonds. The van der Waals surface area contributed by atoms with Crippen LogP contribution in [0.5, 0.6) is 0 Å². The van der Waals surface area contributed by atoms with E-state index in [1.807, 2.05) is 6.08 Å². The van der Waals surface area contributed by atoms with Crippen LogP contribution in [0.1, 0.15) is 39.5 Å². The number of carbonyl (C=O) groups excluding carboxylic acids is 1. The highest BCUT2D eigenvalue weighted by molar-refractivity contribution is 5.97. The van der Waals surface area contributed by atoms with Crippen LogP contribution in [0.3, 0.4) is 0 Å². The number of carbonyl (C=O) groups is 1. The lowest BCUT2D eigenvalue weighted by molar-refractivity contribution is -0.220. The molecule has 0 aromatic rings. The predicted octanol–water partition coefficient (Wildman–Crippen LogP) is 0.170.